The molecule has 3 nitrogen and oxygen atoms in total. The van der Waals surface area contributed by atoms with Crippen LogP contribution in [0.1, 0.15) is 12.8 Å². The van der Waals surface area contributed by atoms with E-state index in [9.17, 15) is 4.79 Å². The van der Waals surface area contributed by atoms with Crippen LogP contribution in [0.5, 0.6) is 0 Å². The summed E-state index contributed by atoms with van der Waals surface area (Å²) in [6.07, 6.45) is 3.93. The molecule has 0 amide bonds. The van der Waals surface area contributed by atoms with Gasteiger partial charge in [-0.15, -0.1) is 0 Å². The zero-order valence-electron chi connectivity index (χ0n) is 8.14. The molecule has 0 aromatic rings. The van der Waals surface area contributed by atoms with Gasteiger partial charge in [0.25, 0.3) is 0 Å². The van der Waals surface area contributed by atoms with Crippen LogP contribution in [0, 0.1) is 0 Å². The number of carbonyl (C=O) groups is 1. The van der Waals surface area contributed by atoms with E-state index in [1.807, 2.05) is 0 Å². The van der Waals surface area contributed by atoms with Crippen molar-refractivity contribution >= 4 is 14.0 Å². The van der Waals surface area contributed by atoms with E-state index in [0.29, 0.717) is 0 Å². The van der Waals surface area contributed by atoms with Crippen molar-refractivity contribution in [3.05, 3.63) is 0 Å². The lowest BCUT2D eigenvalue weighted by Gasteiger charge is -2.17. The van der Waals surface area contributed by atoms with Crippen LogP contribution in [0.25, 0.3) is 0 Å². The fraction of sp³-hybridized carbons (Fsp3) is 0.889. The second-order valence-corrected chi connectivity index (χ2v) is 9.13. The number of carbonyl (C=O) groups excluding carboxylic acids is 1. The van der Waals surface area contributed by atoms with Crippen LogP contribution in [0.15, 0.2) is 0 Å². The number of hydrogen-bond donors (Lipinski definition) is 1. The first-order chi connectivity index (χ1) is 6.26. The third-order valence-corrected chi connectivity index (χ3v) is 8.57. The van der Waals surface area contributed by atoms with Crippen LogP contribution in [0.2, 0.25) is 18.1 Å². The third kappa shape index (κ3) is 1.65. The van der Waals surface area contributed by atoms with Gasteiger partial charge in [0.15, 0.2) is 0 Å². The highest BCUT2D eigenvalue weighted by atomic mass is 28.3. The molecule has 0 saturated carbocycles. The first-order valence-corrected chi connectivity index (χ1v) is 7.90. The minimum Gasteiger partial charge on any atom is -0.468 e. The molecule has 2 aliphatic heterocycles. The Hall–Kier alpha value is -0.353. The lowest BCUT2D eigenvalue weighted by atomic mass is 10.3. The quantitative estimate of drug-likeness (QED) is 0.504. The maximum Gasteiger partial charge on any atom is 0.322 e. The summed E-state index contributed by atoms with van der Waals surface area (Å²) in [5.74, 6) is -0.0590. The van der Waals surface area contributed by atoms with Crippen molar-refractivity contribution in [2.45, 2.75) is 37.0 Å². The largest absolute Gasteiger partial charge is 0.468 e. The average Bonchev–Trinajstić information content (AvgIpc) is 2.76. The molecule has 1 unspecified atom stereocenters. The van der Waals surface area contributed by atoms with Gasteiger partial charge in [0.1, 0.15) is 6.04 Å². The van der Waals surface area contributed by atoms with Gasteiger partial charge in [-0.1, -0.05) is 24.9 Å². The van der Waals surface area contributed by atoms with Crippen LogP contribution < -0.4 is 5.32 Å². The molecule has 0 aromatic carbocycles. The SMILES string of the molecule is COC(=O)C1C[Si]2(CCCC2)CN1. The fourth-order valence-corrected chi connectivity index (χ4v) is 7.74. The summed E-state index contributed by atoms with van der Waals surface area (Å²) in [5.41, 5.74) is 0. The fourth-order valence-electron chi connectivity index (χ4n) is 2.73. The number of esters is 1. The lowest BCUT2D eigenvalue weighted by molar-refractivity contribution is -0.142. The maximum atomic E-state index is 11.3. The van der Waals surface area contributed by atoms with Crippen molar-refractivity contribution in [3.8, 4) is 0 Å². The summed E-state index contributed by atoms with van der Waals surface area (Å²) in [6.45, 7) is 0. The molecule has 2 rings (SSSR count). The standard InChI is InChI=1S/C9H17NO2Si/c1-12-9(11)8-6-13(7-10-8)4-2-3-5-13/h8,10H,2-7H2,1H3. The zero-order valence-corrected chi connectivity index (χ0v) is 9.14. The molecule has 2 fully saturated rings. The summed E-state index contributed by atoms with van der Waals surface area (Å²) in [4.78, 5) is 11.3. The van der Waals surface area contributed by atoms with E-state index in [4.69, 9.17) is 4.74 Å². The smallest absolute Gasteiger partial charge is 0.322 e. The Bertz CT molecular complexity index is 214. The summed E-state index contributed by atoms with van der Waals surface area (Å²) in [6, 6.07) is 4.00. The predicted molar refractivity (Wildman–Crippen MR) is 53.2 cm³/mol. The molecule has 0 bridgehead atoms. The van der Waals surface area contributed by atoms with Crippen molar-refractivity contribution in [1.82, 2.24) is 5.32 Å². The highest BCUT2D eigenvalue weighted by Crippen LogP contribution is 2.36. The zero-order chi connectivity index (χ0) is 9.31. The van der Waals surface area contributed by atoms with Crippen LogP contribution in [0.3, 0.4) is 0 Å². The van der Waals surface area contributed by atoms with Crippen molar-refractivity contribution in [1.29, 1.82) is 0 Å². The van der Waals surface area contributed by atoms with E-state index in [-0.39, 0.29) is 12.0 Å². The molecule has 0 radical (unpaired) electrons. The summed E-state index contributed by atoms with van der Waals surface area (Å²) in [7, 11) is 0.454. The number of nitrogens with one attached hydrogen (secondary N) is 1. The monoisotopic (exact) mass is 199 g/mol. The van der Waals surface area contributed by atoms with Crippen LogP contribution in [0.4, 0.5) is 0 Å². The number of methoxy groups -OCH3 is 1. The minimum absolute atomic E-state index is 0.0229. The second kappa shape index (κ2) is 3.42. The van der Waals surface area contributed by atoms with Crippen molar-refractivity contribution in [2.24, 2.45) is 0 Å². The molecule has 4 heteroatoms. The van der Waals surface area contributed by atoms with Gasteiger partial charge in [-0.25, -0.2) is 0 Å². The molecule has 1 spiro atoms. The molecule has 2 heterocycles. The molecule has 0 aromatic heterocycles. The Morgan fingerprint density at radius 2 is 2.15 bits per heavy atom. The van der Waals surface area contributed by atoms with E-state index in [1.165, 1.54) is 32.0 Å². The van der Waals surface area contributed by atoms with Gasteiger partial charge in [-0.05, 0) is 12.2 Å². The molecule has 74 valence electrons. The molecular weight excluding hydrogens is 182 g/mol. The van der Waals surface area contributed by atoms with Crippen LogP contribution >= 0.6 is 0 Å². The van der Waals surface area contributed by atoms with E-state index in [0.717, 1.165) is 12.2 Å². The Kier molecular flexibility index (Phi) is 2.42. The van der Waals surface area contributed by atoms with Gasteiger partial charge in [-0.2, -0.15) is 0 Å². The van der Waals surface area contributed by atoms with E-state index < -0.39 is 8.07 Å². The molecule has 2 aliphatic rings. The lowest BCUT2D eigenvalue weighted by Crippen LogP contribution is -2.33. The highest BCUT2D eigenvalue weighted by Gasteiger charge is 2.45. The Morgan fingerprint density at radius 3 is 2.77 bits per heavy atom. The Labute approximate surface area is 79.9 Å². The van der Waals surface area contributed by atoms with E-state index in [2.05, 4.69) is 5.32 Å². The van der Waals surface area contributed by atoms with Gasteiger partial charge < -0.3 is 10.1 Å². The molecular formula is C9H17NO2Si. The van der Waals surface area contributed by atoms with Crippen LogP contribution in [-0.2, 0) is 9.53 Å². The van der Waals surface area contributed by atoms with Crippen molar-refractivity contribution in [3.63, 3.8) is 0 Å². The average molecular weight is 199 g/mol. The van der Waals surface area contributed by atoms with Gasteiger partial charge in [0.05, 0.1) is 15.2 Å². The molecule has 1 N–H and O–H groups in total. The molecule has 0 aliphatic carbocycles. The Balaban J connectivity index is 1.96. The maximum absolute atomic E-state index is 11.3. The topological polar surface area (TPSA) is 38.3 Å². The number of ether oxygens (including phenoxy) is 1. The molecule has 13 heavy (non-hydrogen) atoms. The van der Waals surface area contributed by atoms with Gasteiger partial charge >= 0.3 is 5.97 Å². The second-order valence-electron chi connectivity index (χ2n) is 4.37. The van der Waals surface area contributed by atoms with Crippen molar-refractivity contribution in [2.75, 3.05) is 13.3 Å². The van der Waals surface area contributed by atoms with Crippen molar-refractivity contribution < 1.29 is 9.53 Å². The first-order valence-electron chi connectivity index (χ1n) is 5.07. The third-order valence-electron chi connectivity index (χ3n) is 3.51. The normalized spacial score (nSPS) is 31.0. The van der Waals surface area contributed by atoms with Gasteiger partial charge in [-0.3, -0.25) is 4.79 Å². The number of hydrogen-bond acceptors (Lipinski definition) is 3. The molecule has 1 atom stereocenters. The highest BCUT2D eigenvalue weighted by molar-refractivity contribution is 6.81. The number of rotatable bonds is 1. The Morgan fingerprint density at radius 1 is 1.46 bits per heavy atom. The first kappa shape index (κ1) is 9.21. The predicted octanol–water partition coefficient (Wildman–Crippen LogP) is 0.913. The summed E-state index contributed by atoms with van der Waals surface area (Å²) < 4.78 is 4.76. The van der Waals surface area contributed by atoms with Gasteiger partial charge in [0, 0.05) is 0 Å². The van der Waals surface area contributed by atoms with Gasteiger partial charge in [0.2, 0.25) is 0 Å². The minimum atomic E-state index is -1.02. The van der Waals surface area contributed by atoms with E-state index >= 15 is 0 Å². The summed E-state index contributed by atoms with van der Waals surface area (Å²) >= 11 is 0. The summed E-state index contributed by atoms with van der Waals surface area (Å²) in [5, 5.41) is 3.33. The molecule has 2 saturated heterocycles. The van der Waals surface area contributed by atoms with Crippen LogP contribution in [-0.4, -0.2) is 33.4 Å². The van der Waals surface area contributed by atoms with E-state index in [1.54, 1.807) is 0 Å².